The molecule has 12 nitrogen and oxygen atoms in total. The van der Waals surface area contributed by atoms with Crippen molar-refractivity contribution in [3.05, 3.63) is 189 Å². The van der Waals surface area contributed by atoms with Crippen molar-refractivity contribution in [2.75, 3.05) is 26.2 Å². The normalized spacial score (nSPS) is 10.6. The number of rotatable bonds is 19. The van der Waals surface area contributed by atoms with Crippen LogP contribution in [0, 0.1) is 0 Å². The topological polar surface area (TPSA) is 162 Å². The Morgan fingerprint density at radius 3 is 1.20 bits per heavy atom. The van der Waals surface area contributed by atoms with Crippen LogP contribution in [0.2, 0.25) is 10.0 Å². The molecule has 0 spiro atoms. The quantitative estimate of drug-likeness (QED) is 0.0619. The lowest BCUT2D eigenvalue weighted by Crippen LogP contribution is -2.48. The molecule has 6 aromatic rings. The number of hydrogen-bond donors (Lipinski definition) is 4. The molecular weight excluding hydrogens is 903 g/mol. The van der Waals surface area contributed by atoms with Crippen LogP contribution in [-0.4, -0.2) is 59.6 Å². The van der Waals surface area contributed by atoms with Gasteiger partial charge in [-0.3, -0.25) is 9.59 Å². The number of carboxylic acid groups (broad SMARTS) is 1. The van der Waals surface area contributed by atoms with Crippen LogP contribution in [0.5, 0.6) is 23.0 Å². The molecule has 0 aliphatic heterocycles. The van der Waals surface area contributed by atoms with Crippen molar-refractivity contribution < 1.29 is 38.4 Å². The summed E-state index contributed by atoms with van der Waals surface area (Å²) < 4.78 is 23.9. The van der Waals surface area contributed by atoms with E-state index in [4.69, 9.17) is 47.9 Å². The Morgan fingerprint density at radius 2 is 0.879 bits per heavy atom. The molecule has 0 aromatic heterocycles. The van der Waals surface area contributed by atoms with Gasteiger partial charge >= 0.3 is 6.09 Å². The van der Waals surface area contributed by atoms with Gasteiger partial charge < -0.3 is 45.3 Å². The number of benzene rings is 6. The number of hydrogen-bond acceptors (Lipinski definition) is 8. The van der Waals surface area contributed by atoms with Gasteiger partial charge in [0, 0.05) is 31.7 Å². The average Bonchev–Trinajstić information content (AvgIpc) is 3.31. The highest BCUT2D eigenvalue weighted by atomic mass is 35.5. The van der Waals surface area contributed by atoms with Crippen molar-refractivity contribution in [2.45, 2.75) is 52.7 Å². The lowest BCUT2D eigenvalue weighted by atomic mass is 10.1. The van der Waals surface area contributed by atoms with Crippen LogP contribution >= 0.6 is 35.6 Å². The summed E-state index contributed by atoms with van der Waals surface area (Å²) in [7, 11) is 0. The molecule has 0 aliphatic rings. The second-order valence-corrected chi connectivity index (χ2v) is 16.3. The minimum absolute atomic E-state index is 0. The number of nitrogens with zero attached hydrogens (tertiary/aromatic N) is 1. The number of amides is 3. The van der Waals surface area contributed by atoms with E-state index in [-0.39, 0.29) is 59.4 Å². The molecular formula is C51H55Cl3N4O8. The first-order valence-electron chi connectivity index (χ1n) is 20.9. The highest BCUT2D eigenvalue weighted by molar-refractivity contribution is 6.36. The van der Waals surface area contributed by atoms with Gasteiger partial charge in [-0.25, -0.2) is 4.79 Å². The van der Waals surface area contributed by atoms with E-state index in [0.717, 1.165) is 22.3 Å². The van der Waals surface area contributed by atoms with Gasteiger partial charge in [0.25, 0.3) is 11.8 Å². The molecule has 0 saturated heterocycles. The maximum atomic E-state index is 12.9. The Balaban J connectivity index is 0.000000290. The summed E-state index contributed by atoms with van der Waals surface area (Å²) in [6, 6.07) is 45.4. The molecule has 6 rings (SSSR count). The van der Waals surface area contributed by atoms with Crippen LogP contribution in [0.4, 0.5) is 4.79 Å². The van der Waals surface area contributed by atoms with Crippen molar-refractivity contribution in [2.24, 2.45) is 5.73 Å². The minimum Gasteiger partial charge on any atom is -0.485 e. The number of nitrogens with two attached hydrogens (primary N) is 1. The van der Waals surface area contributed by atoms with Gasteiger partial charge in [-0.15, -0.1) is 12.4 Å². The van der Waals surface area contributed by atoms with E-state index < -0.39 is 17.5 Å². The number of ether oxygens (including phenoxy) is 4. The molecule has 348 valence electrons. The Kier molecular flexibility index (Phi) is 21.0. The summed E-state index contributed by atoms with van der Waals surface area (Å²) in [6.45, 7) is 7.57. The third kappa shape index (κ3) is 15.9. The zero-order valence-corrected chi connectivity index (χ0v) is 39.3. The van der Waals surface area contributed by atoms with Crippen molar-refractivity contribution in [3.63, 3.8) is 0 Å². The van der Waals surface area contributed by atoms with E-state index in [1.165, 1.54) is 4.90 Å². The first-order chi connectivity index (χ1) is 31.3. The Bertz CT molecular complexity index is 2440. The van der Waals surface area contributed by atoms with Gasteiger partial charge in [-0.05, 0) is 67.3 Å². The number of carbonyl (C=O) groups excluding carboxylic acids is 2. The van der Waals surface area contributed by atoms with Crippen LogP contribution < -0.4 is 35.3 Å². The fourth-order valence-electron chi connectivity index (χ4n) is 6.23. The molecule has 0 saturated carbocycles. The Hall–Kier alpha value is -6.44. The molecule has 5 N–H and O–H groups in total. The van der Waals surface area contributed by atoms with E-state index in [2.05, 4.69) is 10.6 Å². The highest BCUT2D eigenvalue weighted by Gasteiger charge is 2.26. The molecule has 6 aromatic carbocycles. The van der Waals surface area contributed by atoms with Gasteiger partial charge in [0.05, 0.1) is 21.2 Å². The lowest BCUT2D eigenvalue weighted by Gasteiger charge is -2.33. The molecule has 15 heteroatoms. The zero-order valence-electron chi connectivity index (χ0n) is 37.0. The molecule has 0 fully saturated rings. The molecule has 0 aliphatic carbocycles. The third-order valence-corrected chi connectivity index (χ3v) is 10.4. The third-order valence-electron chi connectivity index (χ3n) is 9.63. The summed E-state index contributed by atoms with van der Waals surface area (Å²) in [6.07, 6.45) is -1.05. The summed E-state index contributed by atoms with van der Waals surface area (Å²) in [5.41, 5.74) is 9.31. The van der Waals surface area contributed by atoms with Gasteiger partial charge in [0.15, 0.2) is 23.0 Å². The van der Waals surface area contributed by atoms with Crippen LogP contribution in [0.3, 0.4) is 0 Å². The van der Waals surface area contributed by atoms with Crippen molar-refractivity contribution in [3.8, 4) is 23.0 Å². The number of halogens is 3. The van der Waals surface area contributed by atoms with Crippen LogP contribution in [-0.2, 0) is 26.4 Å². The second-order valence-electron chi connectivity index (χ2n) is 15.5. The molecule has 0 atom stereocenters. The molecule has 66 heavy (non-hydrogen) atoms. The smallest absolute Gasteiger partial charge is 0.407 e. The molecule has 0 bridgehead atoms. The van der Waals surface area contributed by atoms with Gasteiger partial charge in [-0.2, -0.15) is 0 Å². The Morgan fingerprint density at radius 1 is 0.545 bits per heavy atom. The largest absolute Gasteiger partial charge is 0.485 e. The summed E-state index contributed by atoms with van der Waals surface area (Å²) in [5.74, 6) is 0.766. The predicted molar refractivity (Wildman–Crippen MR) is 261 cm³/mol. The molecule has 0 unspecified atom stereocenters. The predicted octanol–water partition coefficient (Wildman–Crippen LogP) is 10.6. The second kappa shape index (κ2) is 26.5. The maximum Gasteiger partial charge on any atom is 0.407 e. The van der Waals surface area contributed by atoms with Crippen LogP contribution in [0.25, 0.3) is 0 Å². The van der Waals surface area contributed by atoms with E-state index in [9.17, 15) is 19.5 Å². The fraction of sp³-hybridized carbons (Fsp3) is 0.235. The summed E-state index contributed by atoms with van der Waals surface area (Å²) in [4.78, 5) is 38.1. The van der Waals surface area contributed by atoms with Crippen molar-refractivity contribution in [1.82, 2.24) is 15.5 Å². The fourth-order valence-corrected chi connectivity index (χ4v) is 6.82. The zero-order chi connectivity index (χ0) is 46.6. The first-order valence-corrected chi connectivity index (χ1v) is 21.7. The van der Waals surface area contributed by atoms with Gasteiger partial charge in [0.1, 0.15) is 26.4 Å². The highest BCUT2D eigenvalue weighted by Crippen LogP contribution is 2.40. The van der Waals surface area contributed by atoms with Crippen molar-refractivity contribution in [1.29, 1.82) is 0 Å². The summed E-state index contributed by atoms with van der Waals surface area (Å²) in [5, 5.41) is 15.3. The Labute approximate surface area is 402 Å². The molecule has 0 radical (unpaired) electrons. The van der Waals surface area contributed by atoms with E-state index in [1.54, 1.807) is 45.0 Å². The van der Waals surface area contributed by atoms with Crippen LogP contribution in [0.1, 0.15) is 63.7 Å². The average molecular weight is 958 g/mol. The molecule has 0 heterocycles. The van der Waals surface area contributed by atoms with Gasteiger partial charge in [-0.1, -0.05) is 145 Å². The molecule has 3 amide bonds. The monoisotopic (exact) mass is 956 g/mol. The minimum atomic E-state index is -1.05. The maximum absolute atomic E-state index is 12.9. The van der Waals surface area contributed by atoms with Gasteiger partial charge in [0.2, 0.25) is 0 Å². The standard InChI is InChI=1S/C28H31ClN2O5.C23H23ClN2O3.ClH/c1-28(2,3)31(27(33)34)17-16-30-26(32)22-14-15-23(35-18-20-10-6-4-7-11-20)25(24(22)29)36-19-21-12-8-5-9-13-21;24-21-19(23(27)26-14-13-25)11-12-20(28-15-17-7-3-1-4-8-17)22(21)29-16-18-9-5-2-6-10-18;/h4-15H,16-19H2,1-3H3,(H,30,32)(H,33,34);1-12H,13-16,25H2,(H,26,27);1H. The SMILES string of the molecule is CC(C)(C)N(CCNC(=O)c1ccc(OCc2ccccc2)c(OCc2ccccc2)c1Cl)C(=O)O.Cl.NCCNC(=O)c1ccc(OCc2ccccc2)c(OCc2ccccc2)c1Cl. The first kappa shape index (κ1) is 52.2. The van der Waals surface area contributed by atoms with Crippen LogP contribution in [0.15, 0.2) is 146 Å². The van der Waals surface area contributed by atoms with E-state index >= 15 is 0 Å². The number of nitrogens with one attached hydrogen (secondary N) is 2. The van der Waals surface area contributed by atoms with Crippen molar-refractivity contribution >= 4 is 53.5 Å². The van der Waals surface area contributed by atoms with E-state index in [1.807, 2.05) is 121 Å². The number of carbonyl (C=O) groups is 3. The lowest BCUT2D eigenvalue weighted by molar-refractivity contribution is 0.0891. The van der Waals surface area contributed by atoms with E-state index in [0.29, 0.717) is 55.7 Å². The summed E-state index contributed by atoms with van der Waals surface area (Å²) >= 11 is 13.2.